The van der Waals surface area contributed by atoms with E-state index in [1.165, 1.54) is 12.4 Å². The highest BCUT2D eigenvalue weighted by Gasteiger charge is 2.35. The summed E-state index contributed by atoms with van der Waals surface area (Å²) in [6.07, 6.45) is 2.81. The van der Waals surface area contributed by atoms with Crippen molar-refractivity contribution in [3.8, 4) is 0 Å². The molecule has 0 bridgehead atoms. The summed E-state index contributed by atoms with van der Waals surface area (Å²) < 4.78 is 15.9. The highest BCUT2D eigenvalue weighted by atomic mass is 19.1. The monoisotopic (exact) mass is 386 g/mol. The number of aromatic nitrogens is 3. The number of nitrogens with one attached hydrogen (secondary N) is 1. The van der Waals surface area contributed by atoms with Crippen LogP contribution >= 0.6 is 0 Å². The average molecular weight is 386 g/mol. The standard InChI is InChI=1S/C19H23FN6O2/c1-13(14-5-2-3-6-15(14)20)25-8-4-7-16(18(25)27)23-19(28)24-9-10-26-17(11-24)21-12-22-26/h2-3,5-6,12-13,16H,4,7-11H2,1H3,(H,23,28). The zero-order valence-corrected chi connectivity index (χ0v) is 15.7. The van der Waals surface area contributed by atoms with Crippen LogP contribution in [0.25, 0.3) is 0 Å². The van der Waals surface area contributed by atoms with E-state index in [1.54, 1.807) is 32.7 Å². The molecule has 2 unspecified atom stereocenters. The number of amides is 3. The predicted molar refractivity (Wildman–Crippen MR) is 98.5 cm³/mol. The van der Waals surface area contributed by atoms with Gasteiger partial charge in [0.2, 0.25) is 5.91 Å². The van der Waals surface area contributed by atoms with Gasteiger partial charge in [-0.2, -0.15) is 5.10 Å². The SMILES string of the molecule is CC(c1ccccc1F)N1CCCC(NC(=O)N2CCn3ncnc3C2)C1=O. The molecular weight excluding hydrogens is 363 g/mol. The lowest BCUT2D eigenvalue weighted by Gasteiger charge is -2.38. The smallest absolute Gasteiger partial charge is 0.318 e. The van der Waals surface area contributed by atoms with Gasteiger partial charge in [-0.1, -0.05) is 18.2 Å². The highest BCUT2D eigenvalue weighted by Crippen LogP contribution is 2.27. The number of benzene rings is 1. The molecule has 148 valence electrons. The van der Waals surface area contributed by atoms with Crippen LogP contribution in [-0.2, 0) is 17.9 Å². The first-order chi connectivity index (χ1) is 13.5. The van der Waals surface area contributed by atoms with Crippen molar-refractivity contribution in [2.75, 3.05) is 13.1 Å². The van der Waals surface area contributed by atoms with Crippen LogP contribution in [0, 0.1) is 5.82 Å². The van der Waals surface area contributed by atoms with Crippen LogP contribution in [0.3, 0.4) is 0 Å². The summed E-state index contributed by atoms with van der Waals surface area (Å²) in [4.78, 5) is 33.1. The number of hydrogen-bond donors (Lipinski definition) is 1. The van der Waals surface area contributed by atoms with Gasteiger partial charge in [0, 0.05) is 18.7 Å². The largest absolute Gasteiger partial charge is 0.334 e. The number of likely N-dealkylation sites (tertiary alicyclic amines) is 1. The van der Waals surface area contributed by atoms with Crippen LogP contribution in [-0.4, -0.2) is 55.6 Å². The minimum absolute atomic E-state index is 0.171. The Balaban J connectivity index is 1.42. The van der Waals surface area contributed by atoms with Crippen molar-refractivity contribution < 1.29 is 14.0 Å². The van der Waals surface area contributed by atoms with Crippen LogP contribution in [0.5, 0.6) is 0 Å². The quantitative estimate of drug-likeness (QED) is 0.870. The van der Waals surface area contributed by atoms with Gasteiger partial charge in [0.15, 0.2) is 0 Å². The third-order valence-electron chi connectivity index (χ3n) is 5.49. The summed E-state index contributed by atoms with van der Waals surface area (Å²) in [6.45, 7) is 3.82. The molecule has 2 aliphatic heterocycles. The third kappa shape index (κ3) is 3.44. The molecule has 0 aliphatic carbocycles. The third-order valence-corrected chi connectivity index (χ3v) is 5.49. The molecule has 28 heavy (non-hydrogen) atoms. The second-order valence-electron chi connectivity index (χ2n) is 7.19. The molecule has 2 aromatic rings. The van der Waals surface area contributed by atoms with E-state index in [1.807, 2.05) is 6.92 Å². The molecule has 1 saturated heterocycles. The number of piperidine rings is 1. The Morgan fingerprint density at radius 1 is 1.29 bits per heavy atom. The molecular formula is C19H23FN6O2. The summed E-state index contributed by atoms with van der Waals surface area (Å²) in [5.74, 6) is 0.230. The topological polar surface area (TPSA) is 83.4 Å². The van der Waals surface area contributed by atoms with Crippen molar-refractivity contribution in [2.45, 2.75) is 44.9 Å². The minimum atomic E-state index is -0.602. The Hall–Kier alpha value is -2.97. The van der Waals surface area contributed by atoms with Crippen molar-refractivity contribution in [3.63, 3.8) is 0 Å². The second kappa shape index (κ2) is 7.57. The molecule has 9 heteroatoms. The zero-order chi connectivity index (χ0) is 19.7. The number of carbonyl (C=O) groups is 2. The Bertz CT molecular complexity index is 885. The maximum absolute atomic E-state index is 14.1. The van der Waals surface area contributed by atoms with Gasteiger partial charge in [-0.25, -0.2) is 18.9 Å². The summed E-state index contributed by atoms with van der Waals surface area (Å²) >= 11 is 0. The fraction of sp³-hybridized carbons (Fsp3) is 0.474. The summed E-state index contributed by atoms with van der Waals surface area (Å²) in [7, 11) is 0. The van der Waals surface area contributed by atoms with Gasteiger partial charge in [-0.3, -0.25) is 4.79 Å². The summed E-state index contributed by atoms with van der Waals surface area (Å²) in [5.41, 5.74) is 0.484. The van der Waals surface area contributed by atoms with Gasteiger partial charge in [0.25, 0.3) is 0 Å². The highest BCUT2D eigenvalue weighted by molar-refractivity contribution is 5.88. The van der Waals surface area contributed by atoms with Crippen molar-refractivity contribution in [3.05, 3.63) is 47.8 Å². The molecule has 4 rings (SSSR count). The normalized spacial score (nSPS) is 20.6. The van der Waals surface area contributed by atoms with Gasteiger partial charge in [-0.15, -0.1) is 0 Å². The van der Waals surface area contributed by atoms with Crippen LogP contribution in [0.4, 0.5) is 9.18 Å². The number of rotatable bonds is 3. The predicted octanol–water partition coefficient (Wildman–Crippen LogP) is 1.69. The van der Waals surface area contributed by atoms with Gasteiger partial charge in [-0.05, 0) is 25.8 Å². The van der Waals surface area contributed by atoms with Crippen molar-refractivity contribution in [1.29, 1.82) is 0 Å². The molecule has 0 saturated carbocycles. The average Bonchev–Trinajstić information content (AvgIpc) is 3.17. The molecule has 2 aliphatic rings. The Morgan fingerprint density at radius 3 is 2.93 bits per heavy atom. The first-order valence-corrected chi connectivity index (χ1v) is 9.51. The molecule has 1 aromatic carbocycles. The molecule has 0 spiro atoms. The molecule has 1 aromatic heterocycles. The lowest BCUT2D eigenvalue weighted by molar-refractivity contribution is -0.138. The van der Waals surface area contributed by atoms with E-state index in [0.29, 0.717) is 38.2 Å². The Labute approximate surface area is 162 Å². The van der Waals surface area contributed by atoms with Crippen LogP contribution in [0.2, 0.25) is 0 Å². The molecule has 1 N–H and O–H groups in total. The van der Waals surface area contributed by atoms with Gasteiger partial charge < -0.3 is 15.1 Å². The zero-order valence-electron chi connectivity index (χ0n) is 15.7. The lowest BCUT2D eigenvalue weighted by atomic mass is 9.99. The molecule has 0 radical (unpaired) electrons. The molecule has 2 atom stereocenters. The van der Waals surface area contributed by atoms with Crippen molar-refractivity contribution in [2.24, 2.45) is 0 Å². The first-order valence-electron chi connectivity index (χ1n) is 9.51. The van der Waals surface area contributed by atoms with E-state index in [9.17, 15) is 14.0 Å². The Kier molecular flexibility index (Phi) is 4.97. The molecule has 3 heterocycles. The van der Waals surface area contributed by atoms with Crippen LogP contribution in [0.1, 0.15) is 37.2 Å². The van der Waals surface area contributed by atoms with E-state index < -0.39 is 6.04 Å². The number of halogens is 1. The van der Waals surface area contributed by atoms with E-state index in [4.69, 9.17) is 0 Å². The lowest BCUT2D eigenvalue weighted by Crippen LogP contribution is -2.56. The van der Waals surface area contributed by atoms with E-state index in [-0.39, 0.29) is 23.8 Å². The Morgan fingerprint density at radius 2 is 2.11 bits per heavy atom. The van der Waals surface area contributed by atoms with Gasteiger partial charge >= 0.3 is 6.03 Å². The number of fused-ring (bicyclic) bond motifs is 1. The number of carbonyl (C=O) groups excluding carboxylic acids is 2. The molecule has 1 fully saturated rings. The number of hydrogen-bond acceptors (Lipinski definition) is 4. The van der Waals surface area contributed by atoms with Crippen molar-refractivity contribution >= 4 is 11.9 Å². The molecule has 3 amide bonds. The van der Waals surface area contributed by atoms with Gasteiger partial charge in [0.05, 0.1) is 19.1 Å². The number of nitrogens with zero attached hydrogens (tertiary/aromatic N) is 5. The maximum atomic E-state index is 14.1. The molecule has 8 nitrogen and oxygen atoms in total. The van der Waals surface area contributed by atoms with Crippen LogP contribution < -0.4 is 5.32 Å². The number of urea groups is 1. The fourth-order valence-corrected chi connectivity index (χ4v) is 3.88. The fourth-order valence-electron chi connectivity index (χ4n) is 3.88. The van der Waals surface area contributed by atoms with E-state index in [2.05, 4.69) is 15.4 Å². The van der Waals surface area contributed by atoms with E-state index >= 15 is 0 Å². The van der Waals surface area contributed by atoms with Crippen LogP contribution in [0.15, 0.2) is 30.6 Å². The first kappa shape index (κ1) is 18.4. The van der Waals surface area contributed by atoms with E-state index in [0.717, 1.165) is 12.2 Å². The van der Waals surface area contributed by atoms with Crippen molar-refractivity contribution in [1.82, 2.24) is 29.9 Å². The minimum Gasteiger partial charge on any atom is -0.334 e. The second-order valence-corrected chi connectivity index (χ2v) is 7.19. The van der Waals surface area contributed by atoms with Gasteiger partial charge in [0.1, 0.15) is 24.0 Å². The maximum Gasteiger partial charge on any atom is 0.318 e. The summed E-state index contributed by atoms with van der Waals surface area (Å²) in [5, 5.41) is 6.96. The summed E-state index contributed by atoms with van der Waals surface area (Å²) in [6, 6.07) is 5.21.